The molecule has 2 heterocycles. The molecule has 1 unspecified atom stereocenters. The van der Waals surface area contributed by atoms with E-state index in [2.05, 4.69) is 10.3 Å². The number of nitrogens with one attached hydrogen (secondary N) is 1. The molecule has 0 radical (unpaired) electrons. The van der Waals surface area contributed by atoms with Crippen LogP contribution in [0.2, 0.25) is 5.02 Å². The highest BCUT2D eigenvalue weighted by atomic mass is 35.5. The summed E-state index contributed by atoms with van der Waals surface area (Å²) in [4.78, 5) is 4.39. The number of hydrogen-bond acceptors (Lipinski definition) is 3. The van der Waals surface area contributed by atoms with Crippen molar-refractivity contribution >= 4 is 17.2 Å². The van der Waals surface area contributed by atoms with E-state index >= 15 is 0 Å². The molecule has 23 heavy (non-hydrogen) atoms. The van der Waals surface area contributed by atoms with Crippen LogP contribution in [0.3, 0.4) is 0 Å². The van der Waals surface area contributed by atoms with E-state index in [9.17, 15) is 9.50 Å². The number of rotatable bonds is 5. The molecule has 0 aliphatic carbocycles. The molecule has 4 nitrogen and oxygen atoms in total. The normalized spacial score (nSPS) is 12.7. The van der Waals surface area contributed by atoms with Crippen LogP contribution in [0.15, 0.2) is 42.7 Å². The van der Waals surface area contributed by atoms with Crippen LogP contribution in [-0.2, 0) is 6.54 Å². The number of halogens is 2. The van der Waals surface area contributed by atoms with Crippen molar-refractivity contribution in [1.82, 2.24) is 14.7 Å². The van der Waals surface area contributed by atoms with Gasteiger partial charge in [0.05, 0.1) is 23.0 Å². The fraction of sp³-hybridized carbons (Fsp3) is 0.235. The lowest BCUT2D eigenvalue weighted by atomic mass is 10.1. The maximum atomic E-state index is 13.4. The minimum Gasteiger partial charge on any atom is -0.387 e. The van der Waals surface area contributed by atoms with E-state index in [1.54, 1.807) is 6.07 Å². The van der Waals surface area contributed by atoms with Gasteiger partial charge in [0.15, 0.2) is 0 Å². The number of pyridine rings is 1. The summed E-state index contributed by atoms with van der Waals surface area (Å²) < 4.78 is 15.4. The molecular weight excluding hydrogens is 317 g/mol. The number of fused-ring (bicyclic) bond motifs is 1. The fourth-order valence-electron chi connectivity index (χ4n) is 2.51. The fourth-order valence-corrected chi connectivity index (χ4v) is 2.63. The number of aliphatic hydroxyl groups excluding tert-OH is 1. The molecule has 6 heteroatoms. The van der Waals surface area contributed by atoms with Crippen LogP contribution in [0.25, 0.3) is 5.65 Å². The van der Waals surface area contributed by atoms with Crippen molar-refractivity contribution in [3.63, 3.8) is 0 Å². The highest BCUT2D eigenvalue weighted by Crippen LogP contribution is 2.20. The Balaban J connectivity index is 1.64. The van der Waals surface area contributed by atoms with Gasteiger partial charge in [0.1, 0.15) is 11.5 Å². The minimum absolute atomic E-state index is 0.0509. The first-order valence-electron chi connectivity index (χ1n) is 7.31. The molecule has 1 atom stereocenters. The molecule has 0 spiro atoms. The van der Waals surface area contributed by atoms with E-state index in [4.69, 9.17) is 11.6 Å². The number of aliphatic hydroxyl groups is 1. The van der Waals surface area contributed by atoms with Gasteiger partial charge >= 0.3 is 0 Å². The molecule has 2 aromatic heterocycles. The highest BCUT2D eigenvalue weighted by Gasteiger charge is 2.11. The van der Waals surface area contributed by atoms with Crippen molar-refractivity contribution < 1.29 is 9.50 Å². The molecule has 3 rings (SSSR count). The molecule has 0 aliphatic heterocycles. The Morgan fingerprint density at radius 1 is 1.39 bits per heavy atom. The lowest BCUT2D eigenvalue weighted by Gasteiger charge is -2.12. The van der Waals surface area contributed by atoms with Gasteiger partial charge in [0.25, 0.3) is 0 Å². The number of nitrogens with zero attached hydrogens (tertiary/aromatic N) is 2. The third-order valence-corrected chi connectivity index (χ3v) is 4.09. The van der Waals surface area contributed by atoms with Crippen molar-refractivity contribution in [2.45, 2.75) is 19.6 Å². The summed E-state index contributed by atoms with van der Waals surface area (Å²) in [5.74, 6) is -0.527. The zero-order valence-electron chi connectivity index (χ0n) is 12.6. The van der Waals surface area contributed by atoms with Gasteiger partial charge in [-0.2, -0.15) is 0 Å². The van der Waals surface area contributed by atoms with Crippen LogP contribution in [0.1, 0.15) is 22.9 Å². The molecule has 1 aromatic carbocycles. The summed E-state index contributed by atoms with van der Waals surface area (Å²) in [6, 6.07) is 8.31. The first kappa shape index (κ1) is 15.9. The van der Waals surface area contributed by atoms with Crippen LogP contribution >= 0.6 is 11.6 Å². The first-order valence-corrected chi connectivity index (χ1v) is 7.69. The number of benzene rings is 1. The summed E-state index contributed by atoms with van der Waals surface area (Å²) in [7, 11) is 0. The molecule has 0 fully saturated rings. The van der Waals surface area contributed by atoms with Crippen molar-refractivity contribution in [3.8, 4) is 0 Å². The Kier molecular flexibility index (Phi) is 4.61. The van der Waals surface area contributed by atoms with Crippen LogP contribution in [0.4, 0.5) is 4.39 Å². The zero-order valence-corrected chi connectivity index (χ0v) is 13.4. The largest absolute Gasteiger partial charge is 0.387 e. The Labute approximate surface area is 138 Å². The van der Waals surface area contributed by atoms with Crippen molar-refractivity contribution in [2.24, 2.45) is 0 Å². The zero-order chi connectivity index (χ0) is 16.4. The monoisotopic (exact) mass is 333 g/mol. The van der Waals surface area contributed by atoms with Crippen molar-refractivity contribution in [1.29, 1.82) is 0 Å². The van der Waals surface area contributed by atoms with Crippen molar-refractivity contribution in [3.05, 3.63) is 70.4 Å². The van der Waals surface area contributed by atoms with E-state index in [1.807, 2.05) is 35.9 Å². The Morgan fingerprint density at radius 3 is 3.00 bits per heavy atom. The van der Waals surface area contributed by atoms with Gasteiger partial charge in [-0.05, 0) is 36.2 Å². The SMILES string of the molecule is Cc1cccn2c(CNCC(O)c3ccc(Cl)c(F)c3)cnc12. The van der Waals surface area contributed by atoms with Gasteiger partial charge in [-0.3, -0.25) is 0 Å². The first-order chi connectivity index (χ1) is 11.1. The second-order valence-electron chi connectivity index (χ2n) is 5.45. The molecule has 3 aromatic rings. The highest BCUT2D eigenvalue weighted by molar-refractivity contribution is 6.30. The van der Waals surface area contributed by atoms with Gasteiger partial charge in [0.2, 0.25) is 0 Å². The molecule has 0 aliphatic rings. The van der Waals surface area contributed by atoms with Gasteiger partial charge in [-0.25, -0.2) is 9.37 Å². The number of imidazole rings is 1. The molecular formula is C17H17ClFN3O. The molecule has 2 N–H and O–H groups in total. The Morgan fingerprint density at radius 2 is 2.22 bits per heavy atom. The van der Waals surface area contributed by atoms with E-state index in [0.29, 0.717) is 18.7 Å². The van der Waals surface area contributed by atoms with E-state index in [1.165, 1.54) is 12.1 Å². The minimum atomic E-state index is -0.803. The molecule has 0 bridgehead atoms. The van der Waals surface area contributed by atoms with E-state index in [-0.39, 0.29) is 5.02 Å². The molecule has 120 valence electrons. The summed E-state index contributed by atoms with van der Waals surface area (Å²) in [6.45, 7) is 2.87. The second kappa shape index (κ2) is 6.66. The van der Waals surface area contributed by atoms with Gasteiger partial charge in [-0.15, -0.1) is 0 Å². The van der Waals surface area contributed by atoms with E-state index < -0.39 is 11.9 Å². The second-order valence-corrected chi connectivity index (χ2v) is 5.86. The van der Waals surface area contributed by atoms with Crippen LogP contribution in [0.5, 0.6) is 0 Å². The summed E-state index contributed by atoms with van der Waals surface area (Å²) in [6.07, 6.45) is 2.96. The summed E-state index contributed by atoms with van der Waals surface area (Å²) in [5, 5.41) is 13.3. The predicted molar refractivity (Wildman–Crippen MR) is 88.0 cm³/mol. The number of aryl methyl sites for hydroxylation is 1. The maximum Gasteiger partial charge on any atom is 0.142 e. The lowest BCUT2D eigenvalue weighted by Crippen LogP contribution is -2.21. The maximum absolute atomic E-state index is 13.4. The predicted octanol–water partition coefficient (Wildman–Crippen LogP) is 3.26. The number of hydrogen-bond donors (Lipinski definition) is 2. The average molecular weight is 334 g/mol. The van der Waals surface area contributed by atoms with Crippen LogP contribution in [0, 0.1) is 12.7 Å². The van der Waals surface area contributed by atoms with Gasteiger partial charge < -0.3 is 14.8 Å². The Bertz CT molecular complexity index is 834. The number of aromatic nitrogens is 2. The van der Waals surface area contributed by atoms with E-state index in [0.717, 1.165) is 16.9 Å². The van der Waals surface area contributed by atoms with Gasteiger partial charge in [-0.1, -0.05) is 23.7 Å². The smallest absolute Gasteiger partial charge is 0.142 e. The third-order valence-electron chi connectivity index (χ3n) is 3.78. The molecule has 0 saturated heterocycles. The van der Waals surface area contributed by atoms with Crippen molar-refractivity contribution in [2.75, 3.05) is 6.54 Å². The Hall–Kier alpha value is -1.95. The van der Waals surface area contributed by atoms with Crippen LogP contribution in [-0.4, -0.2) is 21.0 Å². The standard InChI is InChI=1S/C17H17ClFN3O/c1-11-3-2-6-22-13(9-21-17(11)22)8-20-10-16(23)12-4-5-14(18)15(19)7-12/h2-7,9,16,20,23H,8,10H2,1H3. The topological polar surface area (TPSA) is 49.6 Å². The summed E-state index contributed by atoms with van der Waals surface area (Å²) >= 11 is 5.64. The molecule has 0 amide bonds. The van der Waals surface area contributed by atoms with Gasteiger partial charge in [0, 0.05) is 19.3 Å². The quantitative estimate of drug-likeness (QED) is 0.753. The van der Waals surface area contributed by atoms with Crippen LogP contribution < -0.4 is 5.32 Å². The summed E-state index contributed by atoms with van der Waals surface area (Å²) in [5.41, 5.74) is 3.52. The average Bonchev–Trinajstić information content (AvgIpc) is 2.95. The lowest BCUT2D eigenvalue weighted by molar-refractivity contribution is 0.174. The third kappa shape index (κ3) is 3.37. The molecule has 0 saturated carbocycles.